The molecule has 1 rings (SSSR count). The first kappa shape index (κ1) is 8.51. The molecule has 1 aliphatic heterocycles. The molecule has 3 amide bonds. The highest BCUT2D eigenvalue weighted by atomic mass is 16.2. The minimum Gasteiger partial charge on any atom is -0.361 e. The van der Waals surface area contributed by atoms with Crippen LogP contribution in [0.4, 0.5) is 0 Å². The van der Waals surface area contributed by atoms with Crippen LogP contribution in [0.2, 0.25) is 0 Å². The Morgan fingerprint density at radius 2 is 2.17 bits per heavy atom. The van der Waals surface area contributed by atoms with Gasteiger partial charge < -0.3 is 16.0 Å². The largest absolute Gasteiger partial charge is 0.361 e. The number of piperazine rings is 1. The molecule has 0 bridgehead atoms. The van der Waals surface area contributed by atoms with Gasteiger partial charge in [0.2, 0.25) is 5.91 Å². The van der Waals surface area contributed by atoms with Crippen molar-refractivity contribution >= 4 is 17.7 Å². The first-order valence-electron chi connectivity index (χ1n) is 3.46. The van der Waals surface area contributed by atoms with E-state index in [2.05, 4.69) is 5.32 Å². The van der Waals surface area contributed by atoms with Crippen LogP contribution >= 0.6 is 0 Å². The van der Waals surface area contributed by atoms with Crippen LogP contribution in [0.25, 0.3) is 0 Å². The molecule has 66 valence electrons. The minimum atomic E-state index is -1.02. The van der Waals surface area contributed by atoms with Crippen molar-refractivity contribution in [2.75, 3.05) is 19.6 Å². The second-order valence-corrected chi connectivity index (χ2v) is 2.44. The number of carbonyl (C=O) groups excluding carboxylic acids is 3. The third-order valence-corrected chi connectivity index (χ3v) is 1.54. The molecule has 0 aromatic heterocycles. The molecule has 6 heteroatoms. The third-order valence-electron chi connectivity index (χ3n) is 1.54. The van der Waals surface area contributed by atoms with Crippen molar-refractivity contribution < 1.29 is 14.4 Å². The summed E-state index contributed by atoms with van der Waals surface area (Å²) >= 11 is 0. The van der Waals surface area contributed by atoms with Gasteiger partial charge in [-0.15, -0.1) is 0 Å². The van der Waals surface area contributed by atoms with E-state index in [0.717, 1.165) is 4.90 Å². The molecule has 0 aromatic carbocycles. The van der Waals surface area contributed by atoms with Gasteiger partial charge in [-0.05, 0) is 0 Å². The lowest BCUT2D eigenvalue weighted by molar-refractivity contribution is -0.146. The molecule has 0 aliphatic carbocycles. The maximum atomic E-state index is 10.9. The SMILES string of the molecule is NC(=O)C(=O)N1CCNC(=O)C1. The number of nitrogens with two attached hydrogens (primary N) is 1. The average Bonchev–Trinajstić information content (AvgIpc) is 2.03. The number of carbonyl (C=O) groups is 3. The number of nitrogens with one attached hydrogen (secondary N) is 1. The number of hydrogen-bond acceptors (Lipinski definition) is 3. The normalized spacial score (nSPS) is 17.0. The highest BCUT2D eigenvalue weighted by molar-refractivity contribution is 6.34. The van der Waals surface area contributed by atoms with Crippen LogP contribution in [-0.2, 0) is 14.4 Å². The monoisotopic (exact) mass is 171 g/mol. The summed E-state index contributed by atoms with van der Waals surface area (Å²) in [4.78, 5) is 33.2. The van der Waals surface area contributed by atoms with Gasteiger partial charge in [0.05, 0.1) is 0 Å². The van der Waals surface area contributed by atoms with Crippen molar-refractivity contribution in [3.05, 3.63) is 0 Å². The van der Waals surface area contributed by atoms with Crippen molar-refractivity contribution in [3.8, 4) is 0 Å². The Balaban J connectivity index is 2.57. The van der Waals surface area contributed by atoms with E-state index in [9.17, 15) is 14.4 Å². The highest BCUT2D eigenvalue weighted by Gasteiger charge is 2.24. The summed E-state index contributed by atoms with van der Waals surface area (Å²) in [5.41, 5.74) is 4.75. The third kappa shape index (κ3) is 1.71. The van der Waals surface area contributed by atoms with Gasteiger partial charge in [0, 0.05) is 13.1 Å². The van der Waals surface area contributed by atoms with Gasteiger partial charge in [-0.25, -0.2) is 0 Å². The van der Waals surface area contributed by atoms with Gasteiger partial charge in [-0.3, -0.25) is 14.4 Å². The standard InChI is InChI=1S/C6H9N3O3/c7-5(11)6(12)9-2-1-8-4(10)3-9/h1-3H2,(H2,7,11)(H,8,10). The van der Waals surface area contributed by atoms with E-state index >= 15 is 0 Å². The summed E-state index contributed by atoms with van der Waals surface area (Å²) in [7, 11) is 0. The molecule has 12 heavy (non-hydrogen) atoms. The quantitative estimate of drug-likeness (QED) is 0.392. The number of primary amides is 1. The zero-order chi connectivity index (χ0) is 9.14. The van der Waals surface area contributed by atoms with E-state index in [1.165, 1.54) is 0 Å². The molecule has 1 fully saturated rings. The van der Waals surface area contributed by atoms with Gasteiger partial charge >= 0.3 is 11.8 Å². The predicted octanol–water partition coefficient (Wildman–Crippen LogP) is -2.57. The van der Waals surface area contributed by atoms with Crippen molar-refractivity contribution in [1.82, 2.24) is 10.2 Å². The fourth-order valence-electron chi connectivity index (χ4n) is 0.968. The van der Waals surface area contributed by atoms with E-state index in [1.807, 2.05) is 0 Å². The van der Waals surface area contributed by atoms with Crippen molar-refractivity contribution in [2.24, 2.45) is 5.73 Å². The van der Waals surface area contributed by atoms with Crippen molar-refractivity contribution in [2.45, 2.75) is 0 Å². The molecule has 0 atom stereocenters. The molecule has 3 N–H and O–H groups in total. The molecule has 0 aromatic rings. The van der Waals surface area contributed by atoms with Crippen LogP contribution < -0.4 is 11.1 Å². The molecule has 0 saturated carbocycles. The van der Waals surface area contributed by atoms with Crippen molar-refractivity contribution in [1.29, 1.82) is 0 Å². The Kier molecular flexibility index (Phi) is 2.27. The molecule has 0 unspecified atom stereocenters. The number of hydrogen-bond donors (Lipinski definition) is 2. The van der Waals surface area contributed by atoms with Crippen LogP contribution in [0.3, 0.4) is 0 Å². The summed E-state index contributed by atoms with van der Waals surface area (Å²) in [6.07, 6.45) is 0. The molecule has 1 aliphatic rings. The van der Waals surface area contributed by atoms with Gasteiger partial charge in [0.15, 0.2) is 0 Å². The molecule has 0 radical (unpaired) electrons. The second kappa shape index (κ2) is 3.21. The molecule has 6 nitrogen and oxygen atoms in total. The van der Waals surface area contributed by atoms with Gasteiger partial charge in [-0.1, -0.05) is 0 Å². The van der Waals surface area contributed by atoms with E-state index in [1.54, 1.807) is 0 Å². The summed E-state index contributed by atoms with van der Waals surface area (Å²) in [6.45, 7) is 0.632. The average molecular weight is 171 g/mol. The van der Waals surface area contributed by atoms with Gasteiger partial charge in [-0.2, -0.15) is 0 Å². The fraction of sp³-hybridized carbons (Fsp3) is 0.500. The Bertz CT molecular complexity index is 238. The predicted molar refractivity (Wildman–Crippen MR) is 38.8 cm³/mol. The van der Waals surface area contributed by atoms with E-state index in [-0.39, 0.29) is 12.5 Å². The highest BCUT2D eigenvalue weighted by Crippen LogP contribution is 1.93. The van der Waals surface area contributed by atoms with Gasteiger partial charge in [0.1, 0.15) is 6.54 Å². The van der Waals surface area contributed by atoms with E-state index < -0.39 is 11.8 Å². The zero-order valence-electron chi connectivity index (χ0n) is 6.37. The topological polar surface area (TPSA) is 92.5 Å². The van der Waals surface area contributed by atoms with Crippen LogP contribution in [0.15, 0.2) is 0 Å². The lowest BCUT2D eigenvalue weighted by atomic mass is 10.3. The Morgan fingerprint density at radius 1 is 1.50 bits per heavy atom. The van der Waals surface area contributed by atoms with Gasteiger partial charge in [0.25, 0.3) is 0 Å². The van der Waals surface area contributed by atoms with Crippen LogP contribution in [-0.4, -0.2) is 42.3 Å². The van der Waals surface area contributed by atoms with Crippen LogP contribution in [0.5, 0.6) is 0 Å². The molecular weight excluding hydrogens is 162 g/mol. The summed E-state index contributed by atoms with van der Waals surface area (Å²) in [5.74, 6) is -2.09. The van der Waals surface area contributed by atoms with Crippen LogP contribution in [0, 0.1) is 0 Å². The van der Waals surface area contributed by atoms with E-state index in [4.69, 9.17) is 5.73 Å². The first-order chi connectivity index (χ1) is 5.61. The molecular formula is C6H9N3O3. The minimum absolute atomic E-state index is 0.0816. The smallest absolute Gasteiger partial charge is 0.312 e. The maximum absolute atomic E-state index is 10.9. The Labute approximate surface area is 68.7 Å². The second-order valence-electron chi connectivity index (χ2n) is 2.44. The maximum Gasteiger partial charge on any atom is 0.312 e. The Morgan fingerprint density at radius 3 is 2.67 bits per heavy atom. The lowest BCUT2D eigenvalue weighted by Crippen LogP contribution is -2.52. The van der Waals surface area contributed by atoms with E-state index in [0.29, 0.717) is 13.1 Å². The zero-order valence-corrected chi connectivity index (χ0v) is 6.37. The number of amides is 3. The van der Waals surface area contributed by atoms with Crippen LogP contribution in [0.1, 0.15) is 0 Å². The summed E-state index contributed by atoms with van der Waals surface area (Å²) < 4.78 is 0. The van der Waals surface area contributed by atoms with Crippen molar-refractivity contribution in [3.63, 3.8) is 0 Å². The summed E-state index contributed by atoms with van der Waals surface area (Å²) in [6, 6.07) is 0. The number of rotatable bonds is 0. The fourth-order valence-corrected chi connectivity index (χ4v) is 0.968. The first-order valence-corrected chi connectivity index (χ1v) is 3.46. The molecule has 1 heterocycles. The molecule has 0 spiro atoms. The molecule has 1 saturated heterocycles. The number of nitrogens with zero attached hydrogens (tertiary/aromatic N) is 1. The summed E-state index contributed by atoms with van der Waals surface area (Å²) in [5, 5.41) is 2.52. The lowest BCUT2D eigenvalue weighted by Gasteiger charge is -2.25. The Hall–Kier alpha value is -1.59.